The van der Waals surface area contributed by atoms with Gasteiger partial charge in [0.05, 0.1) is 6.10 Å². The maximum absolute atomic E-state index is 5.46. The fourth-order valence-corrected chi connectivity index (χ4v) is 1.94. The third-order valence-electron chi connectivity index (χ3n) is 2.99. The van der Waals surface area contributed by atoms with Gasteiger partial charge < -0.3 is 23.7 Å². The predicted molar refractivity (Wildman–Crippen MR) is 64.7 cm³/mol. The summed E-state index contributed by atoms with van der Waals surface area (Å²) in [5.74, 6) is 1.33. The zero-order chi connectivity index (χ0) is 13.1. The smallest absolute Gasteiger partial charge is 0.360 e. The molecule has 3 atom stereocenters. The lowest BCUT2D eigenvalue weighted by atomic mass is 10.0. The van der Waals surface area contributed by atoms with Crippen LogP contribution in [0.3, 0.4) is 0 Å². The Bertz CT molecular complexity index is 406. The van der Waals surface area contributed by atoms with E-state index in [2.05, 4.69) is 0 Å². The highest BCUT2D eigenvalue weighted by Crippen LogP contribution is 2.38. The maximum Gasteiger partial charge on any atom is 0.360 e. The third-order valence-corrected chi connectivity index (χ3v) is 2.99. The zero-order valence-electron chi connectivity index (χ0n) is 11.0. The lowest BCUT2D eigenvalue weighted by Crippen LogP contribution is -2.19. The average Bonchev–Trinajstić information content (AvgIpc) is 2.81. The molecule has 5 nitrogen and oxygen atoms in total. The van der Waals surface area contributed by atoms with Crippen LogP contribution in [0.15, 0.2) is 18.2 Å². The molecular formula is C13H18O5. The Balaban J connectivity index is 2.22. The topological polar surface area (TPSA) is 46.2 Å². The van der Waals surface area contributed by atoms with Gasteiger partial charge in [-0.15, -0.1) is 0 Å². The normalized spacial score (nSPS) is 20.8. The van der Waals surface area contributed by atoms with Gasteiger partial charge in [-0.25, -0.2) is 0 Å². The molecule has 0 spiro atoms. The Kier molecular flexibility index (Phi) is 4.06. The van der Waals surface area contributed by atoms with Crippen molar-refractivity contribution in [2.24, 2.45) is 0 Å². The molecule has 1 aromatic carbocycles. The fraction of sp³-hybridized carbons (Fsp3) is 0.538. The van der Waals surface area contributed by atoms with Crippen molar-refractivity contribution in [2.45, 2.75) is 25.6 Å². The van der Waals surface area contributed by atoms with Crippen molar-refractivity contribution in [3.63, 3.8) is 0 Å². The summed E-state index contributed by atoms with van der Waals surface area (Å²) in [7, 11) is 4.84. The summed E-state index contributed by atoms with van der Waals surface area (Å²) in [6.45, 7) is 1.28. The van der Waals surface area contributed by atoms with Crippen LogP contribution in [0.5, 0.6) is 11.5 Å². The molecule has 0 radical (unpaired) electrons. The van der Waals surface area contributed by atoms with Crippen LogP contribution >= 0.6 is 0 Å². The highest BCUT2D eigenvalue weighted by Gasteiger charge is 2.26. The van der Waals surface area contributed by atoms with Crippen molar-refractivity contribution in [3.05, 3.63) is 23.8 Å². The van der Waals surface area contributed by atoms with Crippen molar-refractivity contribution in [3.8, 4) is 11.5 Å². The monoisotopic (exact) mass is 254 g/mol. The summed E-state index contributed by atoms with van der Waals surface area (Å²) < 4.78 is 26.6. The minimum Gasteiger partial charge on any atom is -0.428 e. The number of rotatable bonds is 5. The van der Waals surface area contributed by atoms with Crippen LogP contribution in [0.2, 0.25) is 0 Å². The third kappa shape index (κ3) is 2.43. The van der Waals surface area contributed by atoms with E-state index in [9.17, 15) is 0 Å². The molecule has 1 aliphatic rings. The lowest BCUT2D eigenvalue weighted by molar-refractivity contribution is -0.157. The molecule has 1 unspecified atom stereocenters. The van der Waals surface area contributed by atoms with Crippen LogP contribution in [0.25, 0.3) is 0 Å². The van der Waals surface area contributed by atoms with Crippen LogP contribution < -0.4 is 9.47 Å². The number of hydrogen-bond acceptors (Lipinski definition) is 5. The quantitative estimate of drug-likeness (QED) is 0.805. The Morgan fingerprint density at radius 2 is 1.78 bits per heavy atom. The summed E-state index contributed by atoms with van der Waals surface area (Å²) in [4.78, 5) is 0. The van der Waals surface area contributed by atoms with Crippen molar-refractivity contribution in [1.82, 2.24) is 0 Å². The van der Waals surface area contributed by atoms with Crippen LogP contribution in [0, 0.1) is 0 Å². The SMILES string of the molecule is COC1Oc2ccc([C@@H](OC)[C@@H](C)OC)cc2O1. The first kappa shape index (κ1) is 13.1. The second-order valence-corrected chi connectivity index (χ2v) is 4.06. The van der Waals surface area contributed by atoms with Crippen molar-refractivity contribution < 1.29 is 23.7 Å². The molecule has 1 aliphatic heterocycles. The van der Waals surface area contributed by atoms with Gasteiger partial charge in [0.1, 0.15) is 6.10 Å². The van der Waals surface area contributed by atoms with Crippen LogP contribution in [0.1, 0.15) is 18.6 Å². The second kappa shape index (κ2) is 5.56. The standard InChI is InChI=1S/C13H18O5/c1-8(14-2)12(15-3)9-5-6-10-11(7-9)18-13(16-4)17-10/h5-8,12-13H,1-4H3/t8-,12+,13?/m1/s1. The molecule has 100 valence electrons. The van der Waals surface area contributed by atoms with Gasteiger partial charge in [-0.3, -0.25) is 0 Å². The summed E-state index contributed by atoms with van der Waals surface area (Å²) >= 11 is 0. The van der Waals surface area contributed by atoms with E-state index in [0.717, 1.165) is 5.56 Å². The van der Waals surface area contributed by atoms with Crippen molar-refractivity contribution >= 4 is 0 Å². The minimum absolute atomic E-state index is 0.0476. The molecule has 0 bridgehead atoms. The molecule has 2 rings (SSSR count). The number of ether oxygens (including phenoxy) is 5. The van der Waals surface area contributed by atoms with E-state index in [1.165, 1.54) is 7.11 Å². The summed E-state index contributed by atoms with van der Waals surface area (Å²) in [6.07, 6.45) is -0.195. The zero-order valence-corrected chi connectivity index (χ0v) is 11.0. The molecule has 0 aliphatic carbocycles. The molecule has 1 aromatic rings. The van der Waals surface area contributed by atoms with Gasteiger partial charge in [0.15, 0.2) is 11.5 Å². The molecule has 0 fully saturated rings. The maximum atomic E-state index is 5.46. The van der Waals surface area contributed by atoms with Crippen LogP contribution in [-0.4, -0.2) is 33.9 Å². The number of hydrogen-bond donors (Lipinski definition) is 0. The Morgan fingerprint density at radius 3 is 2.39 bits per heavy atom. The van der Waals surface area contributed by atoms with Gasteiger partial charge in [-0.2, -0.15) is 0 Å². The van der Waals surface area contributed by atoms with E-state index in [1.54, 1.807) is 14.2 Å². The fourth-order valence-electron chi connectivity index (χ4n) is 1.94. The second-order valence-electron chi connectivity index (χ2n) is 4.06. The van der Waals surface area contributed by atoms with Crippen molar-refractivity contribution in [1.29, 1.82) is 0 Å². The molecule has 18 heavy (non-hydrogen) atoms. The predicted octanol–water partition coefficient (Wildman–Crippen LogP) is 2.11. The number of benzene rings is 1. The molecule has 0 amide bonds. The summed E-state index contributed by atoms with van der Waals surface area (Å²) in [5.41, 5.74) is 0.978. The number of methoxy groups -OCH3 is 3. The van der Waals surface area contributed by atoms with Gasteiger partial charge in [0.2, 0.25) is 0 Å². The van der Waals surface area contributed by atoms with Crippen LogP contribution in [0.4, 0.5) is 0 Å². The Hall–Kier alpha value is -1.30. The van der Waals surface area contributed by atoms with Gasteiger partial charge in [0, 0.05) is 21.3 Å². The average molecular weight is 254 g/mol. The van der Waals surface area contributed by atoms with Gasteiger partial charge in [-0.1, -0.05) is 6.07 Å². The lowest BCUT2D eigenvalue weighted by Gasteiger charge is -2.21. The Morgan fingerprint density at radius 1 is 1.06 bits per heavy atom. The summed E-state index contributed by atoms with van der Waals surface area (Å²) in [5, 5.41) is 0. The minimum atomic E-state index is -0.670. The van der Waals surface area contributed by atoms with E-state index >= 15 is 0 Å². The van der Waals surface area contributed by atoms with Gasteiger partial charge in [0.25, 0.3) is 0 Å². The van der Waals surface area contributed by atoms with E-state index in [4.69, 9.17) is 23.7 Å². The van der Waals surface area contributed by atoms with Crippen molar-refractivity contribution in [2.75, 3.05) is 21.3 Å². The molecule has 0 saturated carbocycles. The van der Waals surface area contributed by atoms with E-state index in [1.807, 2.05) is 25.1 Å². The largest absolute Gasteiger partial charge is 0.428 e. The van der Waals surface area contributed by atoms with E-state index < -0.39 is 6.48 Å². The first-order valence-electron chi connectivity index (χ1n) is 5.75. The molecule has 0 aromatic heterocycles. The first-order valence-corrected chi connectivity index (χ1v) is 5.75. The Labute approximate surface area is 107 Å². The molecule has 5 heteroatoms. The van der Waals surface area contributed by atoms with Gasteiger partial charge in [-0.05, 0) is 24.6 Å². The number of fused-ring (bicyclic) bond motifs is 1. The van der Waals surface area contributed by atoms with Gasteiger partial charge >= 0.3 is 6.48 Å². The molecular weight excluding hydrogens is 236 g/mol. The molecule has 0 saturated heterocycles. The molecule has 0 N–H and O–H groups in total. The van der Waals surface area contributed by atoms with E-state index in [0.29, 0.717) is 11.5 Å². The molecule has 1 heterocycles. The first-order chi connectivity index (χ1) is 8.69. The van der Waals surface area contributed by atoms with E-state index in [-0.39, 0.29) is 12.2 Å². The van der Waals surface area contributed by atoms with Crippen LogP contribution in [-0.2, 0) is 14.2 Å². The highest BCUT2D eigenvalue weighted by molar-refractivity contribution is 5.45. The summed E-state index contributed by atoms with van der Waals surface area (Å²) in [6, 6.07) is 5.67. The highest BCUT2D eigenvalue weighted by atomic mass is 16.9.